The van der Waals surface area contributed by atoms with Gasteiger partial charge in [-0.05, 0) is 37.0 Å². The second-order valence-corrected chi connectivity index (χ2v) is 5.62. The molecule has 21 heavy (non-hydrogen) atoms. The first-order chi connectivity index (χ1) is 10.1. The number of piperidine rings is 1. The van der Waals surface area contributed by atoms with Crippen molar-refractivity contribution >= 4 is 5.97 Å². The third-order valence-corrected chi connectivity index (χ3v) is 4.24. The van der Waals surface area contributed by atoms with E-state index in [1.165, 1.54) is 5.56 Å². The van der Waals surface area contributed by atoms with Gasteiger partial charge in [0.05, 0.1) is 0 Å². The molecule has 0 amide bonds. The summed E-state index contributed by atoms with van der Waals surface area (Å²) < 4.78 is 10.6. The number of carboxylic acid groups (broad SMARTS) is 1. The molecule has 6 heteroatoms. The first kappa shape index (κ1) is 14.2. The van der Waals surface area contributed by atoms with Crippen LogP contribution in [-0.4, -0.2) is 53.1 Å². The molecule has 1 saturated heterocycles. The number of aliphatic carboxylic acids is 1. The van der Waals surface area contributed by atoms with Crippen molar-refractivity contribution in [2.75, 3.05) is 26.4 Å². The standard InChI is InChI=1S/C15H19NO5/c17-14(18)15(19)4-7-16(8-5-15)6-3-11-1-2-12-13(9-11)21-10-20-12/h1-2,9,19H,3-8,10H2,(H,17,18). The van der Waals surface area contributed by atoms with Crippen molar-refractivity contribution < 1.29 is 24.5 Å². The molecule has 2 N–H and O–H groups in total. The Kier molecular flexibility index (Phi) is 3.73. The largest absolute Gasteiger partial charge is 0.479 e. The van der Waals surface area contributed by atoms with Crippen molar-refractivity contribution in [3.8, 4) is 11.5 Å². The van der Waals surface area contributed by atoms with Crippen molar-refractivity contribution in [2.24, 2.45) is 0 Å². The number of fused-ring (bicyclic) bond motifs is 1. The van der Waals surface area contributed by atoms with E-state index in [2.05, 4.69) is 4.90 Å². The van der Waals surface area contributed by atoms with E-state index in [9.17, 15) is 9.90 Å². The van der Waals surface area contributed by atoms with Gasteiger partial charge in [0.1, 0.15) is 0 Å². The zero-order valence-corrected chi connectivity index (χ0v) is 11.7. The summed E-state index contributed by atoms with van der Waals surface area (Å²) in [5, 5.41) is 18.9. The maximum absolute atomic E-state index is 11.0. The molecule has 0 aromatic heterocycles. The normalized spacial score (nSPS) is 20.4. The Hall–Kier alpha value is -1.79. The minimum Gasteiger partial charge on any atom is -0.479 e. The first-order valence-corrected chi connectivity index (χ1v) is 7.13. The highest BCUT2D eigenvalue weighted by Gasteiger charge is 2.39. The topological polar surface area (TPSA) is 79.2 Å². The van der Waals surface area contributed by atoms with E-state index < -0.39 is 11.6 Å². The fourth-order valence-corrected chi connectivity index (χ4v) is 2.74. The average Bonchev–Trinajstić information content (AvgIpc) is 2.94. The number of benzene rings is 1. The van der Waals surface area contributed by atoms with E-state index in [0.717, 1.165) is 24.5 Å². The molecule has 0 unspecified atom stereocenters. The zero-order chi connectivity index (χ0) is 14.9. The molecule has 0 aliphatic carbocycles. The molecule has 2 aliphatic rings. The average molecular weight is 293 g/mol. The highest BCUT2D eigenvalue weighted by atomic mass is 16.7. The lowest BCUT2D eigenvalue weighted by Gasteiger charge is -2.35. The lowest BCUT2D eigenvalue weighted by atomic mass is 9.91. The Morgan fingerprint density at radius 2 is 1.95 bits per heavy atom. The molecule has 2 heterocycles. The number of rotatable bonds is 4. The number of carboxylic acids is 1. The predicted octanol–water partition coefficient (Wildman–Crippen LogP) is 0.869. The van der Waals surface area contributed by atoms with E-state index in [4.69, 9.17) is 14.6 Å². The van der Waals surface area contributed by atoms with E-state index in [1.54, 1.807) is 0 Å². The van der Waals surface area contributed by atoms with Crippen LogP contribution < -0.4 is 9.47 Å². The van der Waals surface area contributed by atoms with Crippen molar-refractivity contribution in [2.45, 2.75) is 24.9 Å². The fraction of sp³-hybridized carbons (Fsp3) is 0.533. The second-order valence-electron chi connectivity index (χ2n) is 5.62. The third kappa shape index (κ3) is 2.96. The molecule has 1 aromatic carbocycles. The molecule has 1 fully saturated rings. The van der Waals surface area contributed by atoms with Crippen molar-refractivity contribution in [1.29, 1.82) is 0 Å². The van der Waals surface area contributed by atoms with Gasteiger partial charge in [-0.1, -0.05) is 6.07 Å². The van der Waals surface area contributed by atoms with Gasteiger partial charge in [-0.15, -0.1) is 0 Å². The van der Waals surface area contributed by atoms with Crippen molar-refractivity contribution in [3.63, 3.8) is 0 Å². The van der Waals surface area contributed by atoms with Crippen LogP contribution in [-0.2, 0) is 11.2 Å². The summed E-state index contributed by atoms with van der Waals surface area (Å²) in [6.45, 7) is 2.33. The smallest absolute Gasteiger partial charge is 0.335 e. The molecule has 0 spiro atoms. The Morgan fingerprint density at radius 1 is 1.24 bits per heavy atom. The van der Waals surface area contributed by atoms with Crippen LogP contribution in [0.2, 0.25) is 0 Å². The van der Waals surface area contributed by atoms with Crippen LogP contribution in [0.3, 0.4) is 0 Å². The van der Waals surface area contributed by atoms with Crippen molar-refractivity contribution in [1.82, 2.24) is 4.90 Å². The summed E-state index contributed by atoms with van der Waals surface area (Å²) in [5.74, 6) is 0.451. The minimum atomic E-state index is -1.55. The Morgan fingerprint density at radius 3 is 2.67 bits per heavy atom. The number of hydrogen-bond donors (Lipinski definition) is 2. The number of hydrogen-bond acceptors (Lipinski definition) is 5. The van der Waals surface area contributed by atoms with E-state index in [-0.39, 0.29) is 19.6 Å². The van der Waals surface area contributed by atoms with Crippen LogP contribution in [0.15, 0.2) is 18.2 Å². The monoisotopic (exact) mass is 293 g/mol. The van der Waals surface area contributed by atoms with E-state index in [1.807, 2.05) is 18.2 Å². The maximum Gasteiger partial charge on any atom is 0.335 e. The van der Waals surface area contributed by atoms with Gasteiger partial charge in [0.25, 0.3) is 0 Å². The summed E-state index contributed by atoms with van der Waals surface area (Å²) in [5.41, 5.74) is -0.381. The summed E-state index contributed by atoms with van der Waals surface area (Å²) in [6.07, 6.45) is 1.43. The van der Waals surface area contributed by atoms with Crippen molar-refractivity contribution in [3.05, 3.63) is 23.8 Å². The zero-order valence-electron chi connectivity index (χ0n) is 11.7. The number of ether oxygens (including phenoxy) is 2. The van der Waals surface area contributed by atoms with Gasteiger partial charge in [-0.3, -0.25) is 0 Å². The molecule has 2 aliphatic heterocycles. The fourth-order valence-electron chi connectivity index (χ4n) is 2.74. The molecule has 0 atom stereocenters. The predicted molar refractivity (Wildman–Crippen MR) is 74.5 cm³/mol. The van der Waals surface area contributed by atoms with E-state index in [0.29, 0.717) is 13.1 Å². The molecule has 6 nitrogen and oxygen atoms in total. The Bertz CT molecular complexity index is 537. The molecule has 0 radical (unpaired) electrons. The van der Waals surface area contributed by atoms with Crippen LogP contribution in [0.25, 0.3) is 0 Å². The molecule has 0 saturated carbocycles. The van der Waals surface area contributed by atoms with Crippen LogP contribution in [0.4, 0.5) is 0 Å². The van der Waals surface area contributed by atoms with Gasteiger partial charge >= 0.3 is 5.97 Å². The Balaban J connectivity index is 1.51. The highest BCUT2D eigenvalue weighted by Crippen LogP contribution is 2.32. The van der Waals surface area contributed by atoms with Crippen LogP contribution in [0, 0.1) is 0 Å². The van der Waals surface area contributed by atoms with Crippen LogP contribution in [0.1, 0.15) is 18.4 Å². The molecule has 114 valence electrons. The van der Waals surface area contributed by atoms with Gasteiger partial charge in [-0.2, -0.15) is 0 Å². The SMILES string of the molecule is O=C(O)C1(O)CCN(CCc2ccc3c(c2)OCO3)CC1. The summed E-state index contributed by atoms with van der Waals surface area (Å²) >= 11 is 0. The Labute approximate surface area is 122 Å². The maximum atomic E-state index is 11.0. The highest BCUT2D eigenvalue weighted by molar-refractivity contribution is 5.77. The third-order valence-electron chi connectivity index (χ3n) is 4.24. The number of aliphatic hydroxyl groups is 1. The molecule has 1 aromatic rings. The summed E-state index contributed by atoms with van der Waals surface area (Å²) in [4.78, 5) is 13.2. The van der Waals surface area contributed by atoms with Gasteiger partial charge in [0.15, 0.2) is 17.1 Å². The quantitative estimate of drug-likeness (QED) is 0.857. The van der Waals surface area contributed by atoms with E-state index >= 15 is 0 Å². The number of likely N-dealkylation sites (tertiary alicyclic amines) is 1. The lowest BCUT2D eigenvalue weighted by Crippen LogP contribution is -2.49. The molecule has 0 bridgehead atoms. The van der Waals surface area contributed by atoms with Gasteiger partial charge in [0, 0.05) is 19.6 Å². The summed E-state index contributed by atoms with van der Waals surface area (Å²) in [6, 6.07) is 5.92. The molecule has 3 rings (SSSR count). The molecular formula is C15H19NO5. The number of nitrogens with zero attached hydrogens (tertiary/aromatic N) is 1. The minimum absolute atomic E-state index is 0.276. The summed E-state index contributed by atoms with van der Waals surface area (Å²) in [7, 11) is 0. The van der Waals surface area contributed by atoms with Crippen LogP contribution in [0.5, 0.6) is 11.5 Å². The first-order valence-electron chi connectivity index (χ1n) is 7.13. The number of carbonyl (C=O) groups is 1. The van der Waals surface area contributed by atoms with Crippen LogP contribution >= 0.6 is 0 Å². The second kappa shape index (κ2) is 5.54. The van der Waals surface area contributed by atoms with Gasteiger partial charge in [-0.25, -0.2) is 4.79 Å². The molecular weight excluding hydrogens is 274 g/mol. The van der Waals surface area contributed by atoms with Gasteiger partial charge in [0.2, 0.25) is 6.79 Å². The van der Waals surface area contributed by atoms with Gasteiger partial charge < -0.3 is 24.6 Å². The lowest BCUT2D eigenvalue weighted by molar-refractivity contribution is -0.163.